The summed E-state index contributed by atoms with van der Waals surface area (Å²) in [5.74, 6) is 0.0119. The lowest BCUT2D eigenvalue weighted by Gasteiger charge is -2.49. The highest BCUT2D eigenvalue weighted by molar-refractivity contribution is 4.90. The minimum absolute atomic E-state index is 0.187. The van der Waals surface area contributed by atoms with E-state index in [0.29, 0.717) is 5.92 Å². The maximum absolute atomic E-state index is 6.38. The molecular formula is C25H50O4. The molecule has 4 nitrogen and oxygen atoms in total. The normalized spacial score (nSPS) is 25.3. The van der Waals surface area contributed by atoms with Crippen LogP contribution in [0.5, 0.6) is 0 Å². The van der Waals surface area contributed by atoms with Gasteiger partial charge in [0.1, 0.15) is 11.2 Å². The first-order valence-electron chi connectivity index (χ1n) is 12.5. The fraction of sp³-hybridized carbons (Fsp3) is 1.00. The molecule has 0 radical (unpaired) electrons. The molecule has 0 heterocycles. The molecule has 1 saturated carbocycles. The van der Waals surface area contributed by atoms with Crippen molar-refractivity contribution in [2.75, 3.05) is 0 Å². The number of hydrogen-bond acceptors (Lipinski definition) is 4. The molecule has 174 valence electrons. The first-order valence-corrected chi connectivity index (χ1v) is 12.5. The second-order valence-electron chi connectivity index (χ2n) is 9.58. The van der Waals surface area contributed by atoms with Crippen LogP contribution in [0.2, 0.25) is 0 Å². The lowest BCUT2D eigenvalue weighted by atomic mass is 9.71. The molecule has 4 heteroatoms. The molecule has 0 aliphatic heterocycles. The van der Waals surface area contributed by atoms with Gasteiger partial charge < -0.3 is 0 Å². The Kier molecular flexibility index (Phi) is 11.1. The average molecular weight is 415 g/mol. The second-order valence-corrected chi connectivity index (χ2v) is 9.58. The molecule has 1 aliphatic rings. The van der Waals surface area contributed by atoms with E-state index in [1.807, 2.05) is 0 Å². The van der Waals surface area contributed by atoms with E-state index < -0.39 is 5.79 Å². The van der Waals surface area contributed by atoms with Gasteiger partial charge in [-0.05, 0) is 57.3 Å². The Morgan fingerprint density at radius 1 is 0.690 bits per heavy atom. The Morgan fingerprint density at radius 2 is 1.10 bits per heavy atom. The largest absolute Gasteiger partial charge is 0.239 e. The van der Waals surface area contributed by atoms with Crippen molar-refractivity contribution >= 4 is 0 Å². The molecule has 1 fully saturated rings. The summed E-state index contributed by atoms with van der Waals surface area (Å²) in [6, 6.07) is 0. The summed E-state index contributed by atoms with van der Waals surface area (Å²) in [6.07, 6.45) is 10.1. The van der Waals surface area contributed by atoms with E-state index in [2.05, 4.69) is 62.3 Å². The standard InChI is InChI=1S/C25H50O4/c1-10-18-23(12-3,13-4)26-28-25(21(8)17-16-20(7)22(25)9)29-27-24(14-5,15-6)19-11-2/h20-22H,10-19H2,1-9H3. The summed E-state index contributed by atoms with van der Waals surface area (Å²) in [4.78, 5) is 25.3. The van der Waals surface area contributed by atoms with Gasteiger partial charge in [0.05, 0.1) is 0 Å². The van der Waals surface area contributed by atoms with Crippen LogP contribution >= 0.6 is 0 Å². The van der Waals surface area contributed by atoms with Crippen LogP contribution in [0.4, 0.5) is 0 Å². The highest BCUT2D eigenvalue weighted by Crippen LogP contribution is 2.47. The van der Waals surface area contributed by atoms with E-state index in [1.165, 1.54) is 6.42 Å². The zero-order chi connectivity index (χ0) is 22.1. The smallest absolute Gasteiger partial charge is 0.227 e. The van der Waals surface area contributed by atoms with Crippen LogP contribution in [0.1, 0.15) is 127 Å². The van der Waals surface area contributed by atoms with Crippen molar-refractivity contribution in [2.45, 2.75) is 144 Å². The van der Waals surface area contributed by atoms with Crippen LogP contribution in [0.25, 0.3) is 0 Å². The Hall–Kier alpha value is -0.160. The quantitative estimate of drug-likeness (QED) is 0.164. The van der Waals surface area contributed by atoms with Crippen molar-refractivity contribution in [3.63, 3.8) is 0 Å². The monoisotopic (exact) mass is 414 g/mol. The van der Waals surface area contributed by atoms with Gasteiger partial charge in [-0.15, -0.1) is 0 Å². The van der Waals surface area contributed by atoms with Crippen molar-refractivity contribution in [3.8, 4) is 0 Å². The predicted octanol–water partition coefficient (Wildman–Crippen LogP) is 8.00. The summed E-state index contributed by atoms with van der Waals surface area (Å²) in [5, 5.41) is 0. The summed E-state index contributed by atoms with van der Waals surface area (Å²) >= 11 is 0. The molecule has 0 aromatic heterocycles. The van der Waals surface area contributed by atoms with Gasteiger partial charge in [0.2, 0.25) is 5.79 Å². The first kappa shape index (κ1) is 26.9. The second kappa shape index (κ2) is 12.0. The number of rotatable bonds is 14. The highest BCUT2D eigenvalue weighted by atomic mass is 17.3. The van der Waals surface area contributed by atoms with Gasteiger partial charge in [-0.1, -0.05) is 75.2 Å². The third-order valence-electron chi connectivity index (χ3n) is 7.92. The summed E-state index contributed by atoms with van der Waals surface area (Å²) < 4.78 is 0. The predicted molar refractivity (Wildman–Crippen MR) is 120 cm³/mol. The van der Waals surface area contributed by atoms with Crippen LogP contribution < -0.4 is 0 Å². The Balaban J connectivity index is 3.16. The van der Waals surface area contributed by atoms with Crippen LogP contribution in [-0.4, -0.2) is 17.0 Å². The van der Waals surface area contributed by atoms with Gasteiger partial charge in [-0.2, -0.15) is 9.78 Å². The number of hydrogen-bond donors (Lipinski definition) is 0. The Morgan fingerprint density at radius 3 is 1.45 bits per heavy atom. The SMILES string of the molecule is CCCC(CC)(CC)OOC1(OOC(CC)(CC)CCC)C(C)CCC(C)C1C. The molecule has 1 rings (SSSR count). The van der Waals surface area contributed by atoms with Gasteiger partial charge >= 0.3 is 0 Å². The van der Waals surface area contributed by atoms with E-state index in [9.17, 15) is 0 Å². The van der Waals surface area contributed by atoms with Crippen molar-refractivity contribution in [1.29, 1.82) is 0 Å². The molecule has 1 aliphatic carbocycles. The summed E-state index contributed by atoms with van der Waals surface area (Å²) in [7, 11) is 0. The van der Waals surface area contributed by atoms with Crippen molar-refractivity contribution in [1.82, 2.24) is 0 Å². The molecule has 0 spiro atoms. The fourth-order valence-electron chi connectivity index (χ4n) is 4.88. The van der Waals surface area contributed by atoms with E-state index >= 15 is 0 Å². The summed E-state index contributed by atoms with van der Waals surface area (Å²) in [5.41, 5.74) is -0.525. The van der Waals surface area contributed by atoms with Crippen LogP contribution in [-0.2, 0) is 19.6 Å². The van der Waals surface area contributed by atoms with Gasteiger partial charge in [0.25, 0.3) is 0 Å². The van der Waals surface area contributed by atoms with Crippen molar-refractivity contribution in [2.24, 2.45) is 17.8 Å². The van der Waals surface area contributed by atoms with Gasteiger partial charge in [0.15, 0.2) is 0 Å². The molecule has 0 saturated heterocycles. The maximum Gasteiger partial charge on any atom is 0.239 e. The third kappa shape index (κ3) is 6.18. The van der Waals surface area contributed by atoms with Gasteiger partial charge in [-0.25, -0.2) is 9.78 Å². The first-order chi connectivity index (χ1) is 13.7. The molecule has 3 unspecified atom stereocenters. The molecule has 0 aromatic carbocycles. The van der Waals surface area contributed by atoms with Gasteiger partial charge in [0, 0.05) is 11.8 Å². The average Bonchev–Trinajstić information content (AvgIpc) is 2.74. The minimum atomic E-state index is -0.871. The van der Waals surface area contributed by atoms with E-state index in [0.717, 1.165) is 57.8 Å². The fourth-order valence-corrected chi connectivity index (χ4v) is 4.88. The lowest BCUT2D eigenvalue weighted by Crippen LogP contribution is -2.55. The van der Waals surface area contributed by atoms with E-state index in [4.69, 9.17) is 19.6 Å². The zero-order valence-corrected chi connectivity index (χ0v) is 20.9. The minimum Gasteiger partial charge on any atom is -0.227 e. The van der Waals surface area contributed by atoms with Crippen molar-refractivity contribution in [3.05, 3.63) is 0 Å². The third-order valence-corrected chi connectivity index (χ3v) is 7.92. The molecule has 0 amide bonds. The highest BCUT2D eigenvalue weighted by Gasteiger charge is 2.53. The molecule has 29 heavy (non-hydrogen) atoms. The zero-order valence-electron chi connectivity index (χ0n) is 20.9. The summed E-state index contributed by atoms with van der Waals surface area (Å²) in [6.45, 7) is 19.9. The van der Waals surface area contributed by atoms with Crippen LogP contribution in [0, 0.1) is 17.8 Å². The van der Waals surface area contributed by atoms with Crippen LogP contribution in [0.15, 0.2) is 0 Å². The molecule has 3 atom stereocenters. The van der Waals surface area contributed by atoms with E-state index in [-0.39, 0.29) is 23.0 Å². The Bertz CT molecular complexity index is 416. The maximum atomic E-state index is 6.38. The van der Waals surface area contributed by atoms with Crippen LogP contribution in [0.3, 0.4) is 0 Å². The lowest BCUT2D eigenvalue weighted by molar-refractivity contribution is -0.573. The van der Waals surface area contributed by atoms with Crippen molar-refractivity contribution < 1.29 is 19.6 Å². The van der Waals surface area contributed by atoms with Gasteiger partial charge in [-0.3, -0.25) is 0 Å². The molecular weight excluding hydrogens is 364 g/mol. The topological polar surface area (TPSA) is 36.9 Å². The molecule has 0 aromatic rings. The van der Waals surface area contributed by atoms with E-state index in [1.54, 1.807) is 0 Å². The Labute approximate surface area is 181 Å². The molecule has 0 N–H and O–H groups in total. The molecule has 0 bridgehead atoms.